The van der Waals surface area contributed by atoms with Crippen LogP contribution in [0, 0.1) is 0 Å². The van der Waals surface area contributed by atoms with E-state index in [-0.39, 0.29) is 13.2 Å². The maximum absolute atomic E-state index is 12.1. The summed E-state index contributed by atoms with van der Waals surface area (Å²) in [6, 6.07) is 6.85. The highest BCUT2D eigenvalue weighted by molar-refractivity contribution is 6.30. The largest absolute Gasteiger partial charge is 0.489 e. The lowest BCUT2D eigenvalue weighted by Gasteiger charge is -2.06. The van der Waals surface area contributed by atoms with E-state index in [2.05, 4.69) is 0 Å². The third-order valence-electron chi connectivity index (χ3n) is 1.65. The average Bonchev–Trinajstić information content (AvgIpc) is 2.22. The summed E-state index contributed by atoms with van der Waals surface area (Å²) in [6.45, 7) is 0.318. The van der Waals surface area contributed by atoms with E-state index in [1.165, 1.54) is 0 Å². The van der Waals surface area contributed by atoms with Gasteiger partial charge in [-0.3, -0.25) is 0 Å². The summed E-state index contributed by atoms with van der Waals surface area (Å²) in [7, 11) is 0. The molecule has 0 aliphatic heterocycles. The lowest BCUT2D eigenvalue weighted by molar-refractivity contribution is 0.347. The molecule has 0 atom stereocenters. The fourth-order valence-corrected chi connectivity index (χ4v) is 0.968. The van der Waals surface area contributed by atoms with Crippen molar-refractivity contribution in [1.29, 1.82) is 0 Å². The van der Waals surface area contributed by atoms with Gasteiger partial charge in [0.25, 0.3) is 0 Å². The van der Waals surface area contributed by atoms with Crippen LogP contribution in [0.2, 0.25) is 5.02 Å². The summed E-state index contributed by atoms with van der Waals surface area (Å²) in [6.07, 6.45) is 0.468. The summed E-state index contributed by atoms with van der Waals surface area (Å²) < 4.78 is 17.3. The van der Waals surface area contributed by atoms with Crippen molar-refractivity contribution in [2.75, 3.05) is 13.2 Å². The van der Waals surface area contributed by atoms with Gasteiger partial charge in [0.05, 0.1) is 6.33 Å². The Morgan fingerprint density at radius 3 is 2.57 bits per heavy atom. The van der Waals surface area contributed by atoms with Crippen molar-refractivity contribution in [3.63, 3.8) is 0 Å². The molecule has 1 rings (SSSR count). The Morgan fingerprint density at radius 2 is 2.07 bits per heavy atom. The zero-order chi connectivity index (χ0) is 10.4. The Kier molecular flexibility index (Phi) is 4.43. The van der Waals surface area contributed by atoms with Crippen molar-refractivity contribution in [2.24, 2.45) is 5.73 Å². The molecule has 0 saturated carbocycles. The Balaban J connectivity index is 2.49. The van der Waals surface area contributed by atoms with Gasteiger partial charge >= 0.3 is 0 Å². The number of ether oxygens (including phenoxy) is 1. The summed E-state index contributed by atoms with van der Waals surface area (Å²) in [5.41, 5.74) is 5.68. The third-order valence-corrected chi connectivity index (χ3v) is 1.91. The zero-order valence-corrected chi connectivity index (χ0v) is 8.30. The van der Waals surface area contributed by atoms with Crippen molar-refractivity contribution >= 4 is 11.6 Å². The second-order valence-corrected chi connectivity index (χ2v) is 3.15. The molecule has 1 aromatic carbocycles. The number of halogens is 2. The minimum absolute atomic E-state index is 0.157. The van der Waals surface area contributed by atoms with Crippen LogP contribution in [0.15, 0.2) is 36.2 Å². The van der Waals surface area contributed by atoms with Gasteiger partial charge in [-0.1, -0.05) is 11.6 Å². The third kappa shape index (κ3) is 3.36. The van der Waals surface area contributed by atoms with Crippen LogP contribution in [0.3, 0.4) is 0 Å². The topological polar surface area (TPSA) is 35.2 Å². The van der Waals surface area contributed by atoms with Gasteiger partial charge in [-0.05, 0) is 24.3 Å². The number of rotatable bonds is 4. The van der Waals surface area contributed by atoms with Crippen LogP contribution in [-0.2, 0) is 0 Å². The van der Waals surface area contributed by atoms with Gasteiger partial charge in [0.15, 0.2) is 0 Å². The van der Waals surface area contributed by atoms with Crippen LogP contribution in [-0.4, -0.2) is 13.2 Å². The Hall–Kier alpha value is -1.06. The van der Waals surface area contributed by atoms with E-state index in [4.69, 9.17) is 22.1 Å². The first kappa shape index (κ1) is 11.0. The van der Waals surface area contributed by atoms with Crippen LogP contribution < -0.4 is 10.5 Å². The van der Waals surface area contributed by atoms with E-state index in [1.807, 2.05) is 0 Å². The minimum Gasteiger partial charge on any atom is -0.489 e. The number of benzene rings is 1. The molecule has 0 bridgehead atoms. The number of hydrogen-bond acceptors (Lipinski definition) is 2. The first-order valence-electron chi connectivity index (χ1n) is 4.13. The Bertz CT molecular complexity index is 310. The molecule has 0 radical (unpaired) electrons. The molecule has 0 aliphatic rings. The standard InChI is InChI=1S/C10H11ClFNO/c11-9-1-3-10(4-2-9)14-7-8(5-12)6-13/h1-5H,6-7,13H2. The van der Waals surface area contributed by atoms with Crippen LogP contribution in [0.4, 0.5) is 4.39 Å². The lowest BCUT2D eigenvalue weighted by atomic mass is 10.3. The Labute approximate surface area is 87.1 Å². The van der Waals surface area contributed by atoms with Crippen LogP contribution in [0.5, 0.6) is 5.75 Å². The molecule has 4 heteroatoms. The smallest absolute Gasteiger partial charge is 0.119 e. The zero-order valence-electron chi connectivity index (χ0n) is 7.54. The van der Waals surface area contributed by atoms with Crippen LogP contribution >= 0.6 is 11.6 Å². The maximum Gasteiger partial charge on any atom is 0.119 e. The molecule has 2 N–H and O–H groups in total. The average molecular weight is 216 g/mol. The predicted molar refractivity (Wildman–Crippen MR) is 55.2 cm³/mol. The summed E-state index contributed by atoms with van der Waals surface area (Å²) in [4.78, 5) is 0. The van der Waals surface area contributed by atoms with Gasteiger partial charge < -0.3 is 10.5 Å². The first-order valence-corrected chi connectivity index (χ1v) is 4.50. The fourth-order valence-electron chi connectivity index (χ4n) is 0.842. The van der Waals surface area contributed by atoms with Crippen molar-refractivity contribution in [3.05, 3.63) is 41.2 Å². The van der Waals surface area contributed by atoms with Crippen molar-refractivity contribution in [1.82, 2.24) is 0 Å². The molecule has 0 fully saturated rings. The monoisotopic (exact) mass is 215 g/mol. The van der Waals surface area contributed by atoms with E-state index in [1.54, 1.807) is 24.3 Å². The lowest BCUT2D eigenvalue weighted by Crippen LogP contribution is -2.10. The van der Waals surface area contributed by atoms with E-state index < -0.39 is 0 Å². The molecule has 0 heterocycles. The highest BCUT2D eigenvalue weighted by atomic mass is 35.5. The molecular weight excluding hydrogens is 205 g/mol. The van der Waals surface area contributed by atoms with Crippen molar-refractivity contribution in [3.8, 4) is 5.75 Å². The quantitative estimate of drug-likeness (QED) is 0.838. The molecule has 0 spiro atoms. The van der Waals surface area contributed by atoms with Crippen molar-refractivity contribution in [2.45, 2.75) is 0 Å². The van der Waals surface area contributed by atoms with Crippen LogP contribution in [0.25, 0.3) is 0 Å². The molecule has 0 unspecified atom stereocenters. The summed E-state index contributed by atoms with van der Waals surface area (Å²) >= 11 is 5.68. The van der Waals surface area contributed by atoms with Gasteiger partial charge in [-0.15, -0.1) is 0 Å². The molecular formula is C10H11ClFNO. The first-order chi connectivity index (χ1) is 6.76. The molecule has 1 aromatic rings. The summed E-state index contributed by atoms with van der Waals surface area (Å²) in [5.74, 6) is 0.641. The normalized spacial score (nSPS) is 11.5. The highest BCUT2D eigenvalue weighted by Gasteiger charge is 1.97. The second kappa shape index (κ2) is 5.62. The molecule has 0 aliphatic carbocycles. The highest BCUT2D eigenvalue weighted by Crippen LogP contribution is 2.15. The SMILES string of the molecule is NCC(=CF)COc1ccc(Cl)cc1. The molecule has 0 aromatic heterocycles. The van der Waals surface area contributed by atoms with E-state index >= 15 is 0 Å². The van der Waals surface area contributed by atoms with Gasteiger partial charge in [-0.25, -0.2) is 4.39 Å². The molecule has 0 amide bonds. The van der Waals surface area contributed by atoms with Gasteiger partial charge in [0.2, 0.25) is 0 Å². The molecule has 76 valence electrons. The molecule has 0 saturated heterocycles. The predicted octanol–water partition coefficient (Wildman–Crippen LogP) is 2.53. The van der Waals surface area contributed by atoms with Gasteiger partial charge in [0.1, 0.15) is 12.4 Å². The fraction of sp³-hybridized carbons (Fsp3) is 0.200. The Morgan fingerprint density at radius 1 is 1.43 bits per heavy atom. The molecule has 14 heavy (non-hydrogen) atoms. The van der Waals surface area contributed by atoms with E-state index in [9.17, 15) is 4.39 Å². The van der Waals surface area contributed by atoms with Crippen LogP contribution in [0.1, 0.15) is 0 Å². The number of hydrogen-bond donors (Lipinski definition) is 1. The molecule has 2 nitrogen and oxygen atoms in total. The minimum atomic E-state index is 0.157. The van der Waals surface area contributed by atoms with E-state index in [0.29, 0.717) is 22.7 Å². The summed E-state index contributed by atoms with van der Waals surface area (Å²) in [5, 5.41) is 0.637. The van der Waals surface area contributed by atoms with Gasteiger partial charge in [-0.2, -0.15) is 0 Å². The second-order valence-electron chi connectivity index (χ2n) is 2.71. The van der Waals surface area contributed by atoms with Crippen molar-refractivity contribution < 1.29 is 9.13 Å². The maximum atomic E-state index is 12.1. The van der Waals surface area contributed by atoms with E-state index in [0.717, 1.165) is 0 Å². The van der Waals surface area contributed by atoms with Gasteiger partial charge in [0, 0.05) is 17.1 Å². The number of nitrogens with two attached hydrogens (primary N) is 1.